The number of anilines is 9. The zero-order chi connectivity index (χ0) is 52.2. The van der Waals surface area contributed by atoms with Crippen molar-refractivity contribution < 1.29 is 0 Å². The third-order valence-electron chi connectivity index (χ3n) is 16.9. The van der Waals surface area contributed by atoms with Crippen LogP contribution >= 0.6 is 0 Å². The van der Waals surface area contributed by atoms with Gasteiger partial charge in [-0.3, -0.25) is 0 Å². The average Bonchev–Trinajstić information content (AvgIpc) is 3.40. The van der Waals surface area contributed by atoms with Gasteiger partial charge in [0.05, 0.1) is 5.69 Å². The summed E-state index contributed by atoms with van der Waals surface area (Å²) in [6.45, 7) is 26.3. The molecule has 0 bridgehead atoms. The lowest BCUT2D eigenvalue weighted by Gasteiger charge is -2.48. The van der Waals surface area contributed by atoms with Gasteiger partial charge in [-0.2, -0.15) is 0 Å². The first-order chi connectivity index (χ1) is 35.9. The third kappa shape index (κ3) is 8.29. The van der Waals surface area contributed by atoms with Crippen LogP contribution in [0.25, 0.3) is 22.3 Å². The van der Waals surface area contributed by atoms with Gasteiger partial charge in [-0.15, -0.1) is 0 Å². The highest BCUT2D eigenvalue weighted by molar-refractivity contribution is 7.00. The topological polar surface area (TPSA) is 9.72 Å². The van der Waals surface area contributed by atoms with Crippen LogP contribution in [0.2, 0.25) is 0 Å². The van der Waals surface area contributed by atoms with Crippen molar-refractivity contribution in [3.8, 4) is 22.3 Å². The molecule has 9 aromatic carbocycles. The molecule has 4 heteroatoms. The fourth-order valence-corrected chi connectivity index (χ4v) is 12.4. The van der Waals surface area contributed by atoms with Crippen LogP contribution < -0.4 is 31.1 Å². The lowest BCUT2D eigenvalue weighted by Crippen LogP contribution is -2.62. The van der Waals surface area contributed by atoms with E-state index in [4.69, 9.17) is 0 Å². The molecule has 0 aromatic heterocycles. The largest absolute Gasteiger partial charge is 0.311 e. The minimum absolute atomic E-state index is 0.00144. The molecular weight excluding hydrogens is 906 g/mol. The molecule has 372 valence electrons. The number of fused-ring (bicyclic) bond motifs is 5. The fraction of sp³-hybridized carbons (Fsp3) is 0.239. The summed E-state index contributed by atoms with van der Waals surface area (Å²) in [4.78, 5) is 7.77. The summed E-state index contributed by atoms with van der Waals surface area (Å²) in [5, 5.41) is 0. The Bertz CT molecular complexity index is 3600. The monoisotopic (exact) mass is 976 g/mol. The number of benzene rings is 9. The van der Waals surface area contributed by atoms with E-state index in [-0.39, 0.29) is 28.4 Å². The van der Waals surface area contributed by atoms with E-state index in [2.05, 4.69) is 291 Å². The van der Waals surface area contributed by atoms with Crippen molar-refractivity contribution in [3.63, 3.8) is 0 Å². The Labute approximate surface area is 447 Å². The smallest absolute Gasteiger partial charge is 0.252 e. The Kier molecular flexibility index (Phi) is 11.5. The molecule has 2 aliphatic heterocycles. The maximum absolute atomic E-state index is 2.69. The van der Waals surface area contributed by atoms with Gasteiger partial charge >= 0.3 is 0 Å². The van der Waals surface area contributed by atoms with E-state index in [0.717, 1.165) is 29.9 Å². The molecular formula is C71H70BN3. The highest BCUT2D eigenvalue weighted by Crippen LogP contribution is 2.53. The summed E-state index contributed by atoms with van der Waals surface area (Å²) < 4.78 is 0. The van der Waals surface area contributed by atoms with E-state index >= 15 is 0 Å². The Morgan fingerprint density at radius 1 is 0.400 bits per heavy atom. The van der Waals surface area contributed by atoms with Gasteiger partial charge < -0.3 is 14.7 Å². The van der Waals surface area contributed by atoms with Crippen molar-refractivity contribution in [2.45, 2.75) is 111 Å². The Morgan fingerprint density at radius 2 is 0.907 bits per heavy atom. The molecule has 0 N–H and O–H groups in total. The predicted octanol–water partition coefficient (Wildman–Crippen LogP) is 17.8. The quantitative estimate of drug-likeness (QED) is 0.147. The number of hydrogen-bond donors (Lipinski definition) is 0. The molecule has 0 spiro atoms. The van der Waals surface area contributed by atoms with Gasteiger partial charge in [0.1, 0.15) is 0 Å². The number of rotatable bonds is 7. The molecule has 0 amide bonds. The van der Waals surface area contributed by atoms with E-state index in [9.17, 15) is 0 Å². The molecule has 3 nitrogen and oxygen atoms in total. The van der Waals surface area contributed by atoms with Crippen molar-refractivity contribution in [1.82, 2.24) is 0 Å². The first-order valence-corrected chi connectivity index (χ1v) is 27.3. The molecule has 0 unspecified atom stereocenters. The molecule has 75 heavy (non-hydrogen) atoms. The Morgan fingerprint density at radius 3 is 1.48 bits per heavy atom. The summed E-state index contributed by atoms with van der Waals surface area (Å²) in [6.07, 6.45) is 2.28. The minimum Gasteiger partial charge on any atom is -0.311 e. The van der Waals surface area contributed by atoms with E-state index in [0.29, 0.717) is 0 Å². The molecule has 0 saturated heterocycles. The molecule has 12 rings (SSSR count). The molecule has 0 saturated carbocycles. The average molecular weight is 976 g/mol. The van der Waals surface area contributed by atoms with E-state index in [1.807, 2.05) is 0 Å². The van der Waals surface area contributed by atoms with Crippen LogP contribution in [-0.2, 0) is 21.7 Å². The van der Waals surface area contributed by atoms with Gasteiger partial charge in [-0.1, -0.05) is 191 Å². The molecule has 0 atom stereocenters. The first kappa shape index (κ1) is 48.4. The van der Waals surface area contributed by atoms with Gasteiger partial charge in [0.2, 0.25) is 0 Å². The number of aryl methyl sites for hydroxylation is 1. The summed E-state index contributed by atoms with van der Waals surface area (Å²) in [7, 11) is 0. The van der Waals surface area contributed by atoms with Crippen LogP contribution in [0, 0.1) is 6.92 Å². The second-order valence-corrected chi connectivity index (χ2v) is 25.0. The van der Waals surface area contributed by atoms with Crippen molar-refractivity contribution in [3.05, 3.63) is 228 Å². The van der Waals surface area contributed by atoms with Crippen molar-refractivity contribution >= 4 is 74.3 Å². The zero-order valence-electron chi connectivity index (χ0n) is 45.9. The van der Waals surface area contributed by atoms with Crippen LogP contribution in [-0.4, -0.2) is 6.71 Å². The standard InChI is InChI=1S/C71H70BN3/c1-47-32-33-50(48-24-16-12-17-25-48)40-63(47)75-64-46-58-57(70(8,9)38-39-71(58,10)11)45-60(64)72-59-44-55(73(53-28-20-14-21-29-53)54-30-22-15-23-31-54)35-37-62(59)74(65-42-52(69(5,6)7)43-66(75)67(65)72)61-36-34-51(68(2,3)4)41-56(61)49-26-18-13-19-27-49/h12-37,40-46H,38-39H2,1-11H3. The number of nitrogens with zero attached hydrogens (tertiary/aromatic N) is 3. The maximum atomic E-state index is 2.69. The second-order valence-electron chi connectivity index (χ2n) is 25.0. The summed E-state index contributed by atoms with van der Waals surface area (Å²) in [6, 6.07) is 75.9. The van der Waals surface area contributed by atoms with Crippen molar-refractivity contribution in [1.29, 1.82) is 0 Å². The molecule has 2 heterocycles. The van der Waals surface area contributed by atoms with Crippen molar-refractivity contribution in [2.75, 3.05) is 14.7 Å². The number of para-hydroxylation sites is 2. The molecule has 1 aliphatic carbocycles. The molecule has 3 aliphatic rings. The van der Waals surface area contributed by atoms with Crippen LogP contribution in [0.15, 0.2) is 200 Å². The van der Waals surface area contributed by atoms with Crippen LogP contribution in [0.4, 0.5) is 51.2 Å². The second kappa shape index (κ2) is 17.8. The Hall–Kier alpha value is -7.56. The highest BCUT2D eigenvalue weighted by atomic mass is 15.2. The Balaban J connectivity index is 1.24. The summed E-state index contributed by atoms with van der Waals surface area (Å²) >= 11 is 0. The summed E-state index contributed by atoms with van der Waals surface area (Å²) in [5.74, 6) is 0. The zero-order valence-corrected chi connectivity index (χ0v) is 45.9. The van der Waals surface area contributed by atoms with Crippen LogP contribution in [0.1, 0.15) is 110 Å². The minimum atomic E-state index is -0.171. The first-order valence-electron chi connectivity index (χ1n) is 27.3. The molecule has 9 aromatic rings. The fourth-order valence-electron chi connectivity index (χ4n) is 12.4. The van der Waals surface area contributed by atoms with E-state index in [1.54, 1.807) is 0 Å². The van der Waals surface area contributed by atoms with Crippen molar-refractivity contribution in [2.24, 2.45) is 0 Å². The predicted molar refractivity (Wildman–Crippen MR) is 323 cm³/mol. The third-order valence-corrected chi connectivity index (χ3v) is 16.9. The van der Waals surface area contributed by atoms with Gasteiger partial charge in [-0.25, -0.2) is 0 Å². The maximum Gasteiger partial charge on any atom is 0.252 e. The lowest BCUT2D eigenvalue weighted by atomic mass is 9.33. The SMILES string of the molecule is Cc1ccc(-c2ccccc2)cc1N1c2cc3c(cc2B2c4cc(N(c5ccccc5)c5ccccc5)ccc4N(c4ccc(C(C)(C)C)cc4-c4ccccc4)c4cc(C(C)(C)C)cc1c42)C(C)(C)CCC3(C)C. The number of hydrogen-bond acceptors (Lipinski definition) is 3. The van der Waals surface area contributed by atoms with Gasteiger partial charge in [0, 0.05) is 51.1 Å². The van der Waals surface area contributed by atoms with E-state index in [1.165, 1.54) is 101 Å². The van der Waals surface area contributed by atoms with E-state index < -0.39 is 0 Å². The van der Waals surface area contributed by atoms with Gasteiger partial charge in [0.25, 0.3) is 6.71 Å². The van der Waals surface area contributed by atoms with Gasteiger partial charge in [0.15, 0.2) is 0 Å². The normalized spacial score (nSPS) is 15.2. The van der Waals surface area contributed by atoms with Crippen LogP contribution in [0.5, 0.6) is 0 Å². The highest BCUT2D eigenvalue weighted by Gasteiger charge is 2.48. The van der Waals surface area contributed by atoms with Gasteiger partial charge in [-0.05, 0) is 181 Å². The summed E-state index contributed by atoms with van der Waals surface area (Å²) in [5.41, 5.74) is 26.1. The van der Waals surface area contributed by atoms with Crippen LogP contribution in [0.3, 0.4) is 0 Å². The molecule has 0 radical (unpaired) electrons. The lowest BCUT2D eigenvalue weighted by molar-refractivity contribution is 0.332. The molecule has 0 fully saturated rings.